The van der Waals surface area contributed by atoms with Crippen molar-refractivity contribution in [1.82, 2.24) is 0 Å². The fourth-order valence-corrected chi connectivity index (χ4v) is 5.88. The lowest BCUT2D eigenvalue weighted by atomic mass is 9.54. The van der Waals surface area contributed by atoms with Crippen LogP contribution in [0.25, 0.3) is 0 Å². The first-order chi connectivity index (χ1) is 10.6. The molecule has 3 heteroatoms. The third kappa shape index (κ3) is 1.82. The molecule has 4 rings (SSSR count). The minimum absolute atomic E-state index is 0.0929. The van der Waals surface area contributed by atoms with Crippen LogP contribution in [-0.2, 0) is 11.2 Å². The third-order valence-electron chi connectivity index (χ3n) is 7.02. The molecule has 0 aliphatic heterocycles. The van der Waals surface area contributed by atoms with Gasteiger partial charge in [-0.1, -0.05) is 13.0 Å². The number of aliphatic hydroxyl groups excluding tert-OH is 1. The summed E-state index contributed by atoms with van der Waals surface area (Å²) in [5.41, 5.74) is 2.61. The number of benzene rings is 1. The van der Waals surface area contributed by atoms with Crippen LogP contribution in [0.5, 0.6) is 5.75 Å². The second kappa shape index (κ2) is 4.97. The summed E-state index contributed by atoms with van der Waals surface area (Å²) in [6, 6.07) is 5.87. The predicted molar refractivity (Wildman–Crippen MR) is 84.9 cm³/mol. The maximum absolute atomic E-state index is 10.6. The van der Waals surface area contributed by atoms with Gasteiger partial charge in [0.25, 0.3) is 0 Å². The highest BCUT2D eigenvalue weighted by atomic mass is 16.5. The first kappa shape index (κ1) is 14.5. The Bertz CT molecular complexity index is 584. The first-order valence-electron chi connectivity index (χ1n) is 8.58. The van der Waals surface area contributed by atoms with Crippen molar-refractivity contribution in [3.63, 3.8) is 0 Å². The zero-order valence-corrected chi connectivity index (χ0v) is 13.5. The Labute approximate surface area is 132 Å². The Hall–Kier alpha value is -1.06. The second-order valence-corrected chi connectivity index (χ2v) is 7.72. The Morgan fingerprint density at radius 3 is 2.82 bits per heavy atom. The van der Waals surface area contributed by atoms with E-state index in [1.54, 1.807) is 7.11 Å². The van der Waals surface area contributed by atoms with E-state index in [9.17, 15) is 10.2 Å². The average Bonchev–Trinajstić information content (AvgIpc) is 2.82. The fourth-order valence-electron chi connectivity index (χ4n) is 5.88. The summed E-state index contributed by atoms with van der Waals surface area (Å²) in [5.74, 6) is 2.08. The van der Waals surface area contributed by atoms with Gasteiger partial charge in [-0.2, -0.15) is 0 Å². The number of aliphatic hydroxyl groups is 1. The van der Waals surface area contributed by atoms with E-state index in [-0.39, 0.29) is 17.6 Å². The molecule has 2 unspecified atom stereocenters. The van der Waals surface area contributed by atoms with Gasteiger partial charge in [-0.15, -0.1) is 0 Å². The molecule has 3 aliphatic rings. The lowest BCUT2D eigenvalue weighted by Crippen LogP contribution is -2.53. The van der Waals surface area contributed by atoms with E-state index in [0.717, 1.165) is 25.7 Å². The lowest BCUT2D eigenvalue weighted by molar-refractivity contribution is -0.130. The fraction of sp³-hybridized carbons (Fsp3) is 0.684. The molecule has 0 spiro atoms. The average molecular weight is 302 g/mol. The van der Waals surface area contributed by atoms with Crippen LogP contribution in [0.3, 0.4) is 0 Å². The molecule has 2 fully saturated rings. The van der Waals surface area contributed by atoms with Crippen LogP contribution in [0, 0.1) is 17.3 Å². The topological polar surface area (TPSA) is 49.7 Å². The van der Waals surface area contributed by atoms with Crippen LogP contribution in [-0.4, -0.2) is 29.5 Å². The van der Waals surface area contributed by atoms with Gasteiger partial charge in [0.2, 0.25) is 0 Å². The normalized spacial score (nSPS) is 43.3. The van der Waals surface area contributed by atoms with Gasteiger partial charge in [0.15, 0.2) is 0 Å². The lowest BCUT2D eigenvalue weighted by Gasteiger charge is -2.53. The summed E-state index contributed by atoms with van der Waals surface area (Å²) in [4.78, 5) is 0. The van der Waals surface area contributed by atoms with Crippen LogP contribution < -0.4 is 0 Å². The molecule has 0 amide bonds. The number of phenols is 1. The van der Waals surface area contributed by atoms with E-state index in [2.05, 4.69) is 13.0 Å². The van der Waals surface area contributed by atoms with Crippen LogP contribution >= 0.6 is 0 Å². The Morgan fingerprint density at radius 1 is 1.23 bits per heavy atom. The molecule has 120 valence electrons. The predicted octanol–water partition coefficient (Wildman–Crippen LogP) is 3.23. The van der Waals surface area contributed by atoms with Crippen molar-refractivity contribution < 1.29 is 14.9 Å². The van der Waals surface area contributed by atoms with Crippen molar-refractivity contribution in [3.8, 4) is 5.75 Å². The summed E-state index contributed by atoms with van der Waals surface area (Å²) in [6.45, 7) is 2.24. The summed E-state index contributed by atoms with van der Waals surface area (Å²) in [5, 5.41) is 20.3. The number of methoxy groups -OCH3 is 1. The van der Waals surface area contributed by atoms with Gasteiger partial charge in [-0.05, 0) is 73.1 Å². The van der Waals surface area contributed by atoms with E-state index in [4.69, 9.17) is 4.74 Å². The highest BCUT2D eigenvalue weighted by molar-refractivity contribution is 5.40. The molecule has 0 heterocycles. The van der Waals surface area contributed by atoms with Gasteiger partial charge in [0, 0.05) is 12.5 Å². The number of rotatable bonds is 1. The first-order valence-corrected chi connectivity index (χ1v) is 8.58. The number of hydrogen-bond donors (Lipinski definition) is 2. The Kier molecular flexibility index (Phi) is 3.28. The van der Waals surface area contributed by atoms with Crippen molar-refractivity contribution in [2.24, 2.45) is 17.3 Å². The third-order valence-corrected chi connectivity index (χ3v) is 7.02. The van der Waals surface area contributed by atoms with E-state index >= 15 is 0 Å². The highest BCUT2D eigenvalue weighted by Gasteiger charge is 2.59. The molecule has 22 heavy (non-hydrogen) atoms. The molecule has 1 aromatic carbocycles. The van der Waals surface area contributed by atoms with Gasteiger partial charge in [0.05, 0.1) is 12.2 Å². The molecule has 2 saturated carbocycles. The number of aromatic hydroxyl groups is 1. The number of aryl methyl sites for hydroxylation is 1. The number of hydrogen-bond acceptors (Lipinski definition) is 3. The smallest absolute Gasteiger partial charge is 0.115 e. The minimum atomic E-state index is -0.232. The number of phenolic OH excluding ortho intramolecular Hbond substituents is 1. The van der Waals surface area contributed by atoms with Gasteiger partial charge < -0.3 is 14.9 Å². The van der Waals surface area contributed by atoms with Crippen molar-refractivity contribution in [3.05, 3.63) is 29.3 Å². The van der Waals surface area contributed by atoms with E-state index < -0.39 is 0 Å². The number of fused-ring (bicyclic) bond motifs is 5. The van der Waals surface area contributed by atoms with Gasteiger partial charge in [-0.25, -0.2) is 0 Å². The van der Waals surface area contributed by atoms with Crippen molar-refractivity contribution in [2.75, 3.05) is 7.11 Å². The molecule has 3 nitrogen and oxygen atoms in total. The second-order valence-electron chi connectivity index (χ2n) is 7.72. The van der Waals surface area contributed by atoms with E-state index in [1.165, 1.54) is 17.5 Å². The van der Waals surface area contributed by atoms with Crippen LogP contribution in [0.15, 0.2) is 18.2 Å². The molecule has 3 aliphatic carbocycles. The summed E-state index contributed by atoms with van der Waals surface area (Å²) >= 11 is 0. The van der Waals surface area contributed by atoms with Crippen LogP contribution in [0.4, 0.5) is 0 Å². The molecule has 2 N–H and O–H groups in total. The molecule has 0 radical (unpaired) electrons. The van der Waals surface area contributed by atoms with Crippen molar-refractivity contribution in [1.29, 1.82) is 0 Å². The van der Waals surface area contributed by atoms with Gasteiger partial charge >= 0.3 is 0 Å². The van der Waals surface area contributed by atoms with Crippen molar-refractivity contribution >= 4 is 0 Å². The molecule has 0 aromatic heterocycles. The summed E-state index contributed by atoms with van der Waals surface area (Å²) in [7, 11) is 1.79. The SMILES string of the molecule is COC1C[C@@H]2c3ccc(O)cc3CC[C@H]2[C@@H]2CCC(O)[C@@]12C. The largest absolute Gasteiger partial charge is 0.508 e. The van der Waals surface area contributed by atoms with E-state index in [1.807, 2.05) is 12.1 Å². The summed E-state index contributed by atoms with van der Waals surface area (Å²) < 4.78 is 5.86. The van der Waals surface area contributed by atoms with Gasteiger partial charge in [0.1, 0.15) is 5.75 Å². The standard InChI is InChI=1S/C19H26O3/c1-19-16(7-8-17(19)21)14-5-3-11-9-12(20)4-6-13(11)15(14)10-18(19)22-2/h4,6,9,14-18,20-21H,3,5,7-8,10H2,1-2H3/t14-,15-,16+,17?,18?,19+/m1/s1. The molecule has 6 atom stereocenters. The zero-order chi connectivity index (χ0) is 15.5. The molecule has 0 saturated heterocycles. The molecule has 1 aromatic rings. The monoisotopic (exact) mass is 302 g/mol. The Balaban J connectivity index is 1.76. The highest BCUT2D eigenvalue weighted by Crippen LogP contribution is 2.61. The maximum Gasteiger partial charge on any atom is 0.115 e. The number of ether oxygens (including phenoxy) is 1. The van der Waals surface area contributed by atoms with Crippen LogP contribution in [0.1, 0.15) is 49.7 Å². The molecule has 0 bridgehead atoms. The zero-order valence-electron chi connectivity index (χ0n) is 13.5. The molecular formula is C19H26O3. The van der Waals surface area contributed by atoms with Crippen LogP contribution in [0.2, 0.25) is 0 Å². The minimum Gasteiger partial charge on any atom is -0.508 e. The van der Waals surface area contributed by atoms with E-state index in [0.29, 0.717) is 23.5 Å². The van der Waals surface area contributed by atoms with Gasteiger partial charge in [-0.3, -0.25) is 0 Å². The van der Waals surface area contributed by atoms with Crippen molar-refractivity contribution in [2.45, 2.75) is 57.2 Å². The maximum atomic E-state index is 10.6. The summed E-state index contributed by atoms with van der Waals surface area (Å²) in [6.07, 6.45) is 5.12. The quantitative estimate of drug-likeness (QED) is 0.837. The Morgan fingerprint density at radius 2 is 2.05 bits per heavy atom. The molecular weight excluding hydrogens is 276 g/mol.